The van der Waals surface area contributed by atoms with Gasteiger partial charge in [-0.3, -0.25) is 0 Å². The molecule has 0 amide bonds. The van der Waals surface area contributed by atoms with Gasteiger partial charge in [0, 0.05) is 0 Å². The predicted molar refractivity (Wildman–Crippen MR) is 229 cm³/mol. The van der Waals surface area contributed by atoms with Crippen molar-refractivity contribution < 1.29 is 0 Å². The van der Waals surface area contributed by atoms with Crippen LogP contribution in [0.2, 0.25) is 13.6 Å². The molecule has 48 heteroatoms. The summed E-state index contributed by atoms with van der Waals surface area (Å²) in [6, 6.07) is 0. The van der Waals surface area contributed by atoms with Crippen molar-refractivity contribution in [3.8, 4) is 0 Å². The van der Waals surface area contributed by atoms with Gasteiger partial charge in [-0.15, -0.1) is 0 Å². The fourth-order valence-corrected chi connectivity index (χ4v) is 7.59. The third-order valence-electron chi connectivity index (χ3n) is 10.1. The molecule has 6 unspecified atom stereocenters. The van der Waals surface area contributed by atoms with Gasteiger partial charge in [-0.1, -0.05) is 13.6 Å². The van der Waals surface area contributed by atoms with Crippen molar-refractivity contribution in [2.75, 3.05) is 20.5 Å². The van der Waals surface area contributed by atoms with Gasteiger partial charge in [-0.25, -0.2) is 0 Å². The van der Waals surface area contributed by atoms with E-state index in [-0.39, 0.29) is 70.8 Å². The summed E-state index contributed by atoms with van der Waals surface area (Å²) in [5.74, 6) is 0. The summed E-state index contributed by atoms with van der Waals surface area (Å²) in [5, 5.41) is 49.4. The van der Waals surface area contributed by atoms with Gasteiger partial charge >= 0.3 is 49.8 Å². The quantitative estimate of drug-likeness (QED) is 0.107. The third-order valence-corrected chi connectivity index (χ3v) is 10.1. The molecule has 0 aromatic carbocycles. The molecule has 9 fully saturated rings. The summed E-state index contributed by atoms with van der Waals surface area (Å²) < 4.78 is 21.4. The number of rotatable bonds is 0. The molecule has 9 rings (SSSR count). The Morgan fingerprint density at radius 3 is 1.85 bits per heavy atom. The van der Waals surface area contributed by atoms with E-state index in [0.29, 0.717) is 6.44 Å². The maximum Gasteiger partial charge on any atom is 0.357 e. The van der Waals surface area contributed by atoms with E-state index < -0.39 is 0 Å². The number of nitrogens with zero attached hydrogens (tertiary/aromatic N) is 10. The SMILES string of the molecule is CB1NB2CN3B(C)N[B]NB3N3[B]N[B]N([B]3)B3N[B]NB(N3)N3[B]N(C)[B]N([B]3)B3N(C)[B]N[B]N3B3N[B]NB(N3)N3[B]N[B]N([B]3)B(N1)N2. The average Bonchev–Trinajstić information content (AvgIpc) is 3.18. The molecule has 9 saturated heterocycles. The van der Waals surface area contributed by atoms with Crippen LogP contribution in [0.5, 0.6) is 0 Å². The number of hydrogen-bond acceptors (Lipinski definition) is 24. The Kier molecular flexibility index (Phi) is 12.9. The van der Waals surface area contributed by atoms with Gasteiger partial charge in [-0.05, 0) is 20.5 Å². The molecule has 6 atom stereocenters. The summed E-state index contributed by atoms with van der Waals surface area (Å²) >= 11 is 0. The van der Waals surface area contributed by atoms with Crippen molar-refractivity contribution in [2.24, 2.45) is 0 Å². The Hall–Kier alpha value is 0.598. The van der Waals surface area contributed by atoms with E-state index in [9.17, 15) is 0 Å². The van der Waals surface area contributed by atoms with Gasteiger partial charge in [0.2, 0.25) is 0 Å². The zero-order valence-electron chi connectivity index (χ0n) is 30.0. The molecular formula is C5H28B24N24. The molecule has 0 aromatic heterocycles. The first-order valence-corrected chi connectivity index (χ1v) is 17.8. The van der Waals surface area contributed by atoms with Crippen LogP contribution in [0.15, 0.2) is 0 Å². The third kappa shape index (κ3) is 8.67. The Morgan fingerprint density at radius 2 is 1.08 bits per heavy atom. The second-order valence-electron chi connectivity index (χ2n) is 14.0. The highest BCUT2D eigenvalue weighted by atomic mass is 15.4. The first-order valence-electron chi connectivity index (χ1n) is 17.8. The van der Waals surface area contributed by atoms with E-state index in [1.165, 1.54) is 0 Å². The van der Waals surface area contributed by atoms with Crippen LogP contribution in [0, 0.1) is 0 Å². The van der Waals surface area contributed by atoms with Crippen molar-refractivity contribution in [3.05, 3.63) is 0 Å². The Bertz CT molecular complexity index is 1220. The van der Waals surface area contributed by atoms with Crippen LogP contribution in [0.1, 0.15) is 0 Å². The minimum atomic E-state index is -0.298. The molecule has 9 aliphatic rings. The fraction of sp³-hybridized carbons (Fsp3) is 1.00. The van der Waals surface area contributed by atoms with E-state index >= 15 is 0 Å². The molecule has 240 valence electrons. The summed E-state index contributed by atoms with van der Waals surface area (Å²) in [5.41, 5.74) is 0. The van der Waals surface area contributed by atoms with Gasteiger partial charge < -0.3 is 119 Å². The van der Waals surface area contributed by atoms with Crippen molar-refractivity contribution in [1.29, 1.82) is 0 Å². The van der Waals surface area contributed by atoms with Crippen molar-refractivity contribution in [1.82, 2.24) is 119 Å². The number of hydrogen-bond donors (Lipinski definition) is 14. The van der Waals surface area contributed by atoms with Crippen LogP contribution in [-0.4, -0.2) is 244 Å². The lowest BCUT2D eigenvalue weighted by Crippen LogP contribution is -2.89. The van der Waals surface area contributed by atoms with Gasteiger partial charge in [-0.2, -0.15) is 0 Å². The van der Waals surface area contributed by atoms with Crippen LogP contribution in [0.3, 0.4) is 0 Å². The molecule has 53 heavy (non-hydrogen) atoms. The highest BCUT2D eigenvalue weighted by Gasteiger charge is 2.52. The predicted octanol–water partition coefficient (Wildman–Crippen LogP) is -17.7. The lowest BCUT2D eigenvalue weighted by Gasteiger charge is -2.53. The smallest absolute Gasteiger partial charge is 0.357 e. The van der Waals surface area contributed by atoms with Gasteiger partial charge in [0.1, 0.15) is 0 Å². The van der Waals surface area contributed by atoms with Crippen LogP contribution in [-0.2, 0) is 0 Å². The van der Waals surface area contributed by atoms with E-state index in [4.69, 9.17) is 0 Å². The molecule has 9 aliphatic heterocycles. The zero-order valence-corrected chi connectivity index (χ0v) is 30.0. The second-order valence-corrected chi connectivity index (χ2v) is 14.0. The Labute approximate surface area is 328 Å². The van der Waals surface area contributed by atoms with E-state index in [1.807, 2.05) is 94.3 Å². The molecule has 14 N–H and O–H groups in total. The zero-order chi connectivity index (χ0) is 36.1. The van der Waals surface area contributed by atoms with E-state index in [0.717, 1.165) is 0 Å². The molecule has 24 nitrogen and oxygen atoms in total. The van der Waals surface area contributed by atoms with Gasteiger partial charge in [0.15, 0.2) is 0 Å². The maximum atomic E-state index is 3.78. The van der Waals surface area contributed by atoms with Crippen LogP contribution >= 0.6 is 0 Å². The summed E-state index contributed by atoms with van der Waals surface area (Å²) in [4.78, 5) is 0. The lowest BCUT2D eigenvalue weighted by atomic mass is 9.46. The van der Waals surface area contributed by atoms with Crippen LogP contribution < -0.4 is 71.9 Å². The summed E-state index contributed by atoms with van der Waals surface area (Å²) in [7, 11) is 30.1. The minimum absolute atomic E-state index is 0.0322. The first-order chi connectivity index (χ1) is 25.9. The standard InChI is InChI=1S/C5H28B24N24/c1-20-39-22-5-46-21(2)33-6-38-28(46)50-13-32-11-48(18-50)23-34-7-36-25(42-23)51-15-44(3)16-52(19-51)29-45(4)9-30-14-53(29)26-37-8-35-24(43-26)47-10-31-12-49(17-47)27(40-20)41-22/h30-43H,5H2,1-4H3. The van der Waals surface area contributed by atoms with E-state index in [2.05, 4.69) is 158 Å². The molecular weight excluding hydrogens is 656 g/mol. The van der Waals surface area contributed by atoms with Gasteiger partial charge in [0.25, 0.3) is 127 Å². The fourth-order valence-electron chi connectivity index (χ4n) is 7.59. The number of nitrogens with one attached hydrogen (secondary N) is 14. The molecule has 12 bridgehead atoms. The summed E-state index contributed by atoms with van der Waals surface area (Å²) in [6.45, 7) is 4.33. The largest absolute Gasteiger partial charge is 0.381 e. The van der Waals surface area contributed by atoms with Gasteiger partial charge in [0.05, 0.1) is 0 Å². The van der Waals surface area contributed by atoms with Crippen molar-refractivity contribution in [3.63, 3.8) is 0 Å². The maximum absolute atomic E-state index is 3.78. The molecule has 0 aliphatic carbocycles. The number of fused-ring (bicyclic) bond motifs is 21. The Morgan fingerprint density at radius 1 is 0.491 bits per heavy atom. The summed E-state index contributed by atoms with van der Waals surface area (Å²) in [6.07, 6.45) is 0.685. The average molecular weight is 684 g/mol. The van der Waals surface area contributed by atoms with Crippen molar-refractivity contribution in [2.45, 2.75) is 13.6 Å². The molecule has 0 saturated carbocycles. The van der Waals surface area contributed by atoms with Crippen LogP contribution in [0.25, 0.3) is 0 Å². The molecule has 0 spiro atoms. The first kappa shape index (κ1) is 39.1. The molecule has 9 heterocycles. The molecule has 0 aromatic rings. The Balaban J connectivity index is 1.01. The normalized spacial score (nSPS) is 34.3. The minimum Gasteiger partial charge on any atom is -0.381 e. The highest BCUT2D eigenvalue weighted by molar-refractivity contribution is 7.00. The second kappa shape index (κ2) is 17.4. The monoisotopic (exact) mass is 689 g/mol. The topological polar surface area (TPSA) is 201 Å². The van der Waals surface area contributed by atoms with E-state index in [1.54, 1.807) is 0 Å². The lowest BCUT2D eigenvalue weighted by molar-refractivity contribution is 0.605. The van der Waals surface area contributed by atoms with Crippen LogP contribution in [0.4, 0.5) is 0 Å². The highest BCUT2D eigenvalue weighted by Crippen LogP contribution is 2.13. The molecule has 14 radical (unpaired) electrons. The van der Waals surface area contributed by atoms with Crippen molar-refractivity contribution >= 4 is 176 Å².